The Morgan fingerprint density at radius 1 is 0.889 bits per heavy atom. The van der Waals surface area contributed by atoms with Gasteiger partial charge in [-0.2, -0.15) is 0 Å². The first kappa shape index (κ1) is 12.5. The van der Waals surface area contributed by atoms with Crippen LogP contribution >= 0.6 is 0 Å². The first-order valence-electron chi connectivity index (χ1n) is 5.87. The van der Waals surface area contributed by atoms with Crippen molar-refractivity contribution >= 4 is 0 Å². The van der Waals surface area contributed by atoms with E-state index < -0.39 is 0 Å². The Hall–Kier alpha value is -2.00. The van der Waals surface area contributed by atoms with Crippen molar-refractivity contribution in [2.24, 2.45) is 5.73 Å². The zero-order valence-corrected chi connectivity index (χ0v) is 10.6. The average molecular weight is 243 g/mol. The Balaban J connectivity index is 2.34. The van der Waals surface area contributed by atoms with Gasteiger partial charge in [-0.3, -0.25) is 0 Å². The highest BCUT2D eigenvalue weighted by atomic mass is 16.5. The number of para-hydroxylation sites is 3. The van der Waals surface area contributed by atoms with Crippen molar-refractivity contribution in [2.45, 2.75) is 13.0 Å². The number of rotatable bonds is 4. The molecule has 0 saturated heterocycles. The van der Waals surface area contributed by atoms with Gasteiger partial charge >= 0.3 is 0 Å². The van der Waals surface area contributed by atoms with Crippen LogP contribution in [0.4, 0.5) is 0 Å². The van der Waals surface area contributed by atoms with Crippen LogP contribution in [0.3, 0.4) is 0 Å². The Labute approximate surface area is 107 Å². The van der Waals surface area contributed by atoms with E-state index in [4.69, 9.17) is 15.2 Å². The predicted molar refractivity (Wildman–Crippen MR) is 72.1 cm³/mol. The van der Waals surface area contributed by atoms with Crippen molar-refractivity contribution in [3.8, 4) is 17.2 Å². The summed E-state index contributed by atoms with van der Waals surface area (Å²) in [4.78, 5) is 0. The van der Waals surface area contributed by atoms with Gasteiger partial charge < -0.3 is 15.2 Å². The van der Waals surface area contributed by atoms with Crippen LogP contribution < -0.4 is 15.2 Å². The molecule has 0 bridgehead atoms. The van der Waals surface area contributed by atoms with Gasteiger partial charge in [0.1, 0.15) is 5.75 Å². The second-order valence-corrected chi connectivity index (χ2v) is 4.08. The van der Waals surface area contributed by atoms with Crippen LogP contribution in [0, 0.1) is 0 Å². The van der Waals surface area contributed by atoms with Gasteiger partial charge in [0.2, 0.25) is 0 Å². The van der Waals surface area contributed by atoms with Gasteiger partial charge in [-0.05, 0) is 25.1 Å². The number of benzene rings is 2. The molecule has 0 aliphatic rings. The molecule has 0 aliphatic heterocycles. The predicted octanol–water partition coefficient (Wildman–Crippen LogP) is 3.51. The lowest BCUT2D eigenvalue weighted by molar-refractivity contribution is 0.377. The molecule has 0 amide bonds. The van der Waals surface area contributed by atoms with E-state index in [1.165, 1.54) is 0 Å². The van der Waals surface area contributed by atoms with Crippen molar-refractivity contribution in [1.29, 1.82) is 0 Å². The molecular formula is C15H17NO2. The first-order valence-corrected chi connectivity index (χ1v) is 5.87. The van der Waals surface area contributed by atoms with E-state index in [0.29, 0.717) is 11.5 Å². The second-order valence-electron chi connectivity index (χ2n) is 4.08. The molecule has 2 aromatic carbocycles. The molecule has 0 aliphatic carbocycles. The molecule has 1 unspecified atom stereocenters. The van der Waals surface area contributed by atoms with Crippen molar-refractivity contribution < 1.29 is 9.47 Å². The fourth-order valence-corrected chi connectivity index (χ4v) is 1.77. The fraction of sp³-hybridized carbons (Fsp3) is 0.200. The molecule has 0 aromatic heterocycles. The Bertz CT molecular complexity index is 523. The third-order valence-electron chi connectivity index (χ3n) is 2.70. The fourth-order valence-electron chi connectivity index (χ4n) is 1.77. The SMILES string of the molecule is COc1ccccc1Oc1ccccc1C(C)N. The Morgan fingerprint density at radius 2 is 1.44 bits per heavy atom. The summed E-state index contributed by atoms with van der Waals surface area (Å²) in [6, 6.07) is 15.2. The third-order valence-corrected chi connectivity index (χ3v) is 2.70. The van der Waals surface area contributed by atoms with Crippen LogP contribution in [0.1, 0.15) is 18.5 Å². The third kappa shape index (κ3) is 2.63. The van der Waals surface area contributed by atoms with Gasteiger partial charge in [-0.25, -0.2) is 0 Å². The molecule has 0 saturated carbocycles. The highest BCUT2D eigenvalue weighted by Crippen LogP contribution is 2.33. The van der Waals surface area contributed by atoms with Gasteiger partial charge in [-0.1, -0.05) is 30.3 Å². The van der Waals surface area contributed by atoms with Gasteiger partial charge in [0.25, 0.3) is 0 Å². The molecule has 0 heterocycles. The quantitative estimate of drug-likeness (QED) is 0.893. The summed E-state index contributed by atoms with van der Waals surface area (Å²) in [6.45, 7) is 1.93. The highest BCUT2D eigenvalue weighted by Gasteiger charge is 2.10. The molecule has 0 fully saturated rings. The summed E-state index contributed by atoms with van der Waals surface area (Å²) in [5, 5.41) is 0. The Kier molecular flexibility index (Phi) is 3.85. The summed E-state index contributed by atoms with van der Waals surface area (Å²) in [7, 11) is 1.62. The molecule has 1 atom stereocenters. The molecule has 0 spiro atoms. The largest absolute Gasteiger partial charge is 0.493 e. The summed E-state index contributed by atoms with van der Waals surface area (Å²) in [5.74, 6) is 2.15. The molecule has 2 aromatic rings. The second kappa shape index (κ2) is 5.56. The zero-order valence-electron chi connectivity index (χ0n) is 10.6. The van der Waals surface area contributed by atoms with Gasteiger partial charge in [0.15, 0.2) is 11.5 Å². The summed E-state index contributed by atoms with van der Waals surface area (Å²) in [6.07, 6.45) is 0. The minimum absolute atomic E-state index is 0.0732. The summed E-state index contributed by atoms with van der Waals surface area (Å²) in [5.41, 5.74) is 6.90. The van der Waals surface area contributed by atoms with E-state index in [2.05, 4.69) is 0 Å². The lowest BCUT2D eigenvalue weighted by Crippen LogP contribution is -2.06. The topological polar surface area (TPSA) is 44.5 Å². The molecular weight excluding hydrogens is 226 g/mol. The lowest BCUT2D eigenvalue weighted by Gasteiger charge is -2.15. The molecule has 18 heavy (non-hydrogen) atoms. The van der Waals surface area contributed by atoms with Gasteiger partial charge in [0.05, 0.1) is 7.11 Å². The van der Waals surface area contributed by atoms with Crippen LogP contribution in [-0.4, -0.2) is 7.11 Å². The number of nitrogens with two attached hydrogens (primary N) is 1. The maximum Gasteiger partial charge on any atom is 0.169 e. The zero-order chi connectivity index (χ0) is 13.0. The van der Waals surface area contributed by atoms with Gasteiger partial charge in [0, 0.05) is 11.6 Å². The van der Waals surface area contributed by atoms with E-state index in [1.807, 2.05) is 55.5 Å². The molecule has 3 heteroatoms. The summed E-state index contributed by atoms with van der Waals surface area (Å²) < 4.78 is 11.1. The summed E-state index contributed by atoms with van der Waals surface area (Å²) >= 11 is 0. The van der Waals surface area contributed by atoms with Crippen LogP contribution in [0.5, 0.6) is 17.2 Å². The van der Waals surface area contributed by atoms with Crippen molar-refractivity contribution in [3.05, 3.63) is 54.1 Å². The monoisotopic (exact) mass is 243 g/mol. The van der Waals surface area contributed by atoms with Crippen LogP contribution in [0.15, 0.2) is 48.5 Å². The maximum atomic E-state index is 5.93. The highest BCUT2D eigenvalue weighted by molar-refractivity contribution is 5.45. The van der Waals surface area contributed by atoms with E-state index in [1.54, 1.807) is 7.11 Å². The van der Waals surface area contributed by atoms with Crippen LogP contribution in [-0.2, 0) is 0 Å². The number of ether oxygens (including phenoxy) is 2. The van der Waals surface area contributed by atoms with Crippen LogP contribution in [0.2, 0.25) is 0 Å². The maximum absolute atomic E-state index is 5.93. The smallest absolute Gasteiger partial charge is 0.169 e. The van der Waals surface area contributed by atoms with E-state index in [9.17, 15) is 0 Å². The van der Waals surface area contributed by atoms with Crippen molar-refractivity contribution in [2.75, 3.05) is 7.11 Å². The first-order chi connectivity index (χ1) is 8.72. The molecule has 0 radical (unpaired) electrons. The van der Waals surface area contributed by atoms with Crippen molar-refractivity contribution in [3.63, 3.8) is 0 Å². The van der Waals surface area contributed by atoms with Crippen LogP contribution in [0.25, 0.3) is 0 Å². The van der Waals surface area contributed by atoms with E-state index in [0.717, 1.165) is 11.3 Å². The van der Waals surface area contributed by atoms with E-state index in [-0.39, 0.29) is 6.04 Å². The molecule has 94 valence electrons. The standard InChI is InChI=1S/C15H17NO2/c1-11(16)12-7-3-4-8-13(12)18-15-10-6-5-9-14(15)17-2/h3-11H,16H2,1-2H3. The number of hydrogen-bond acceptors (Lipinski definition) is 3. The molecule has 3 nitrogen and oxygen atoms in total. The molecule has 2 N–H and O–H groups in total. The minimum Gasteiger partial charge on any atom is -0.493 e. The van der Waals surface area contributed by atoms with Crippen molar-refractivity contribution in [1.82, 2.24) is 0 Å². The molecule has 2 rings (SSSR count). The van der Waals surface area contributed by atoms with E-state index >= 15 is 0 Å². The van der Waals surface area contributed by atoms with Gasteiger partial charge in [-0.15, -0.1) is 0 Å². The lowest BCUT2D eigenvalue weighted by atomic mass is 10.1. The minimum atomic E-state index is -0.0732. The Morgan fingerprint density at radius 3 is 2.06 bits per heavy atom. The number of hydrogen-bond donors (Lipinski definition) is 1. The number of methoxy groups -OCH3 is 1. The normalized spacial score (nSPS) is 11.9. The average Bonchev–Trinajstić information content (AvgIpc) is 2.40.